The van der Waals surface area contributed by atoms with Crippen LogP contribution >= 0.6 is 46.4 Å². The number of esters is 3. The standard InChI is InChI=1S/C41H41Cl4NO15/c1-19(47)56-35-25(18-55-16-23-13-9-6-10-14-23)60-41(37(58-21(3)49)36(35)57-20(2)48)61-34-24(17-54-15-22-11-7-5-8-12-22)59-40(53-4)32(33(34)50)46-38(51)26-27(39(46)52)29(43)31(45)30(44)28(26)42/h5-14,24-25,32-37,40-41,50H,15-18H2,1-4H3/t24-,25-,32-,33-,34-,35+,36+,37-,40-,41+/m1/s1. The number of carbonyl (C=O) groups excluding carboxylic acids is 5. The molecule has 61 heavy (non-hydrogen) atoms. The van der Waals surface area contributed by atoms with Gasteiger partial charge in [0.1, 0.15) is 30.5 Å². The molecule has 16 nitrogen and oxygen atoms in total. The summed E-state index contributed by atoms with van der Waals surface area (Å²) in [5.41, 5.74) is 0.843. The minimum atomic E-state index is -1.90. The molecule has 20 heteroatoms. The maximum Gasteiger partial charge on any atom is 0.303 e. The van der Waals surface area contributed by atoms with Crippen molar-refractivity contribution >= 4 is 76.1 Å². The number of aliphatic hydroxyl groups excluding tert-OH is 1. The van der Waals surface area contributed by atoms with Gasteiger partial charge in [0.05, 0.1) is 57.6 Å². The Hall–Kier alpha value is -3.91. The summed E-state index contributed by atoms with van der Waals surface area (Å²) in [4.78, 5) is 66.7. The molecule has 0 saturated carbocycles. The minimum Gasteiger partial charge on any atom is -0.456 e. The van der Waals surface area contributed by atoms with Gasteiger partial charge in [-0.3, -0.25) is 28.9 Å². The van der Waals surface area contributed by atoms with Gasteiger partial charge < -0.3 is 47.7 Å². The van der Waals surface area contributed by atoms with E-state index in [1.54, 1.807) is 0 Å². The van der Waals surface area contributed by atoms with Gasteiger partial charge in [0.15, 0.2) is 30.9 Å². The van der Waals surface area contributed by atoms with Gasteiger partial charge in [-0.2, -0.15) is 0 Å². The first kappa shape index (κ1) is 46.6. The summed E-state index contributed by atoms with van der Waals surface area (Å²) in [7, 11) is 1.22. The highest BCUT2D eigenvalue weighted by molar-refractivity contribution is 6.55. The number of ether oxygens (including phenoxy) is 9. The number of fused-ring (bicyclic) bond motifs is 1. The molecule has 0 bridgehead atoms. The van der Waals surface area contributed by atoms with Gasteiger partial charge in [-0.05, 0) is 11.1 Å². The van der Waals surface area contributed by atoms with Crippen LogP contribution in [0.3, 0.4) is 0 Å². The number of rotatable bonds is 15. The van der Waals surface area contributed by atoms with E-state index in [0.29, 0.717) is 4.90 Å². The lowest BCUT2D eigenvalue weighted by Gasteiger charge is -2.49. The summed E-state index contributed by atoms with van der Waals surface area (Å²) in [5, 5.41) is 11.1. The molecule has 2 fully saturated rings. The van der Waals surface area contributed by atoms with E-state index in [9.17, 15) is 29.1 Å². The number of halogens is 4. The number of nitrogens with zero attached hydrogens (tertiary/aromatic N) is 1. The van der Waals surface area contributed by atoms with E-state index < -0.39 is 91.1 Å². The largest absolute Gasteiger partial charge is 0.456 e. The average Bonchev–Trinajstić information content (AvgIpc) is 3.48. The summed E-state index contributed by atoms with van der Waals surface area (Å²) in [5.74, 6) is -4.54. The highest BCUT2D eigenvalue weighted by Crippen LogP contribution is 2.46. The zero-order chi connectivity index (χ0) is 44.1. The fourth-order valence-electron chi connectivity index (χ4n) is 7.30. The van der Waals surface area contributed by atoms with Crippen LogP contribution in [0.4, 0.5) is 0 Å². The lowest BCUT2D eigenvalue weighted by Crippen LogP contribution is -2.69. The van der Waals surface area contributed by atoms with Crippen LogP contribution in [0.2, 0.25) is 20.1 Å². The Balaban J connectivity index is 1.39. The van der Waals surface area contributed by atoms with Gasteiger partial charge in [-0.1, -0.05) is 107 Å². The zero-order valence-corrected chi connectivity index (χ0v) is 36.0. The van der Waals surface area contributed by atoms with Crippen LogP contribution in [0.25, 0.3) is 0 Å². The first-order valence-electron chi connectivity index (χ1n) is 18.8. The van der Waals surface area contributed by atoms with Gasteiger partial charge in [-0.15, -0.1) is 0 Å². The summed E-state index contributed by atoms with van der Waals surface area (Å²) in [6, 6.07) is 16.5. The van der Waals surface area contributed by atoms with Gasteiger partial charge in [0.25, 0.3) is 11.8 Å². The molecule has 0 spiro atoms. The number of hydrogen-bond acceptors (Lipinski definition) is 15. The SMILES string of the molecule is CO[C@@H]1O[C@H](COCc2ccccc2)[C@@H](O[C@@H]2O[C@H](COCc3ccccc3)[C@H](OC(C)=O)[C@H](OC(C)=O)[C@H]2OC(C)=O)[C@H](O)[C@H]1N1C(=O)c2c(Cl)c(Cl)c(Cl)c(Cl)c2C1=O. The maximum absolute atomic E-state index is 14.1. The van der Waals surface area contributed by atoms with Crippen molar-refractivity contribution in [2.24, 2.45) is 0 Å². The Morgan fingerprint density at radius 3 is 1.51 bits per heavy atom. The topological polar surface area (TPSA) is 192 Å². The van der Waals surface area contributed by atoms with Crippen molar-refractivity contribution in [1.82, 2.24) is 4.90 Å². The molecule has 2 saturated heterocycles. The molecule has 3 heterocycles. The number of aliphatic hydroxyl groups is 1. The molecule has 6 rings (SSSR count). The molecule has 328 valence electrons. The predicted molar refractivity (Wildman–Crippen MR) is 215 cm³/mol. The monoisotopic (exact) mass is 927 g/mol. The molecule has 0 radical (unpaired) electrons. The highest BCUT2D eigenvalue weighted by Gasteiger charge is 2.59. The first-order valence-corrected chi connectivity index (χ1v) is 20.3. The molecule has 3 aromatic carbocycles. The fourth-order valence-corrected chi connectivity index (χ4v) is 8.32. The highest BCUT2D eigenvalue weighted by atomic mass is 35.5. The Kier molecular flexibility index (Phi) is 15.7. The maximum atomic E-state index is 14.1. The molecular formula is C41H41Cl4NO15. The molecule has 2 amide bonds. The smallest absolute Gasteiger partial charge is 0.303 e. The zero-order valence-electron chi connectivity index (χ0n) is 33.0. The Bertz CT molecular complexity index is 2050. The van der Waals surface area contributed by atoms with Crippen LogP contribution in [0, 0.1) is 0 Å². The normalized spacial score (nSPS) is 27.4. The van der Waals surface area contributed by atoms with E-state index >= 15 is 0 Å². The summed E-state index contributed by atoms with van der Waals surface area (Å²) in [6.45, 7) is 2.90. The lowest BCUT2D eigenvalue weighted by molar-refractivity contribution is -0.352. The van der Waals surface area contributed by atoms with Gasteiger partial charge >= 0.3 is 17.9 Å². The molecular weight excluding hydrogens is 888 g/mol. The van der Waals surface area contributed by atoms with Crippen LogP contribution in [-0.2, 0) is 70.2 Å². The fraction of sp³-hybridized carbons (Fsp3) is 0.439. The minimum absolute atomic E-state index is 0.0803. The van der Waals surface area contributed by atoms with Crippen LogP contribution in [0.1, 0.15) is 52.6 Å². The van der Waals surface area contributed by atoms with Crippen molar-refractivity contribution in [3.63, 3.8) is 0 Å². The van der Waals surface area contributed by atoms with Crippen LogP contribution in [0.5, 0.6) is 0 Å². The second kappa shape index (κ2) is 20.5. The molecule has 1 N–H and O–H groups in total. The molecule has 10 atom stereocenters. The quantitative estimate of drug-likeness (QED) is 0.0676. The third-order valence-electron chi connectivity index (χ3n) is 9.88. The summed E-state index contributed by atoms with van der Waals surface area (Å²) < 4.78 is 53.7. The second-order valence-corrected chi connectivity index (χ2v) is 15.6. The second-order valence-electron chi connectivity index (χ2n) is 14.1. The van der Waals surface area contributed by atoms with E-state index in [2.05, 4.69) is 0 Å². The molecule has 3 aromatic rings. The van der Waals surface area contributed by atoms with Gasteiger partial charge in [0.2, 0.25) is 0 Å². The molecule has 0 unspecified atom stereocenters. The summed E-state index contributed by atoms with van der Waals surface area (Å²) in [6.07, 6.45) is -13.9. The molecule has 3 aliphatic rings. The van der Waals surface area contributed by atoms with Crippen LogP contribution in [0.15, 0.2) is 60.7 Å². The third kappa shape index (κ3) is 10.3. The molecule has 3 aliphatic heterocycles. The average molecular weight is 930 g/mol. The van der Waals surface area contributed by atoms with Gasteiger partial charge in [-0.25, -0.2) is 0 Å². The number of carbonyl (C=O) groups is 5. The van der Waals surface area contributed by atoms with E-state index in [-0.39, 0.29) is 57.6 Å². The third-order valence-corrected chi connectivity index (χ3v) is 11.7. The van der Waals surface area contributed by atoms with Crippen molar-refractivity contribution in [3.05, 3.63) is 103 Å². The lowest BCUT2D eigenvalue weighted by atomic mass is 9.94. The Labute approximate surface area is 370 Å². The Morgan fingerprint density at radius 2 is 1.05 bits per heavy atom. The number of amides is 2. The van der Waals surface area contributed by atoms with Gasteiger partial charge in [0, 0.05) is 27.9 Å². The van der Waals surface area contributed by atoms with Crippen LogP contribution in [-0.4, -0.2) is 121 Å². The van der Waals surface area contributed by atoms with Crippen molar-refractivity contribution in [2.75, 3.05) is 20.3 Å². The van der Waals surface area contributed by atoms with Crippen molar-refractivity contribution in [3.8, 4) is 0 Å². The van der Waals surface area contributed by atoms with E-state index in [1.165, 1.54) is 7.11 Å². The molecule has 0 aromatic heterocycles. The number of imide groups is 1. The predicted octanol–water partition coefficient (Wildman–Crippen LogP) is 5.34. The summed E-state index contributed by atoms with van der Waals surface area (Å²) >= 11 is 25.4. The number of hydrogen-bond donors (Lipinski definition) is 1. The Morgan fingerprint density at radius 1 is 0.623 bits per heavy atom. The van der Waals surface area contributed by atoms with Crippen LogP contribution < -0.4 is 0 Å². The number of benzene rings is 3. The molecule has 0 aliphatic carbocycles. The van der Waals surface area contributed by atoms with Crippen molar-refractivity contribution < 1.29 is 71.7 Å². The van der Waals surface area contributed by atoms with E-state index in [1.807, 2.05) is 60.7 Å². The number of methoxy groups -OCH3 is 1. The van der Waals surface area contributed by atoms with E-state index in [0.717, 1.165) is 31.9 Å². The van der Waals surface area contributed by atoms with E-state index in [4.69, 9.17) is 89.0 Å². The first-order chi connectivity index (χ1) is 29.1. The van der Waals surface area contributed by atoms with Crippen molar-refractivity contribution in [1.29, 1.82) is 0 Å². The van der Waals surface area contributed by atoms with Crippen molar-refractivity contribution in [2.45, 2.75) is 95.3 Å².